The van der Waals surface area contributed by atoms with Crippen LogP contribution in [0, 0.1) is 19.7 Å². The molecule has 4 aromatic rings. The van der Waals surface area contributed by atoms with Gasteiger partial charge in [-0.05, 0) is 105 Å². The standard InChI is InChI=1S/C32H27FN4O3S2/c1-18-15-20(16-25-28(38)35-32(41)37(30(25)40)23-12-8-9-21(33)17-23)19(2)36(18)31-27(24-13-6-7-14-26(24)42-31)29(39)34-22-10-4-3-5-11-22/h3-5,8-12,15-17H,6-7,13-14H2,1-2H3,(H,34,39)(H,35,38,41). The summed E-state index contributed by atoms with van der Waals surface area (Å²) in [5.41, 5.74) is 4.85. The number of aromatic nitrogens is 1. The number of fused-ring (bicyclic) bond motifs is 1. The quantitative estimate of drug-likeness (QED) is 0.162. The molecule has 1 saturated heterocycles. The third-order valence-corrected chi connectivity index (χ3v) is 9.11. The number of hydrogen-bond donors (Lipinski definition) is 2. The molecule has 212 valence electrons. The molecule has 1 aliphatic carbocycles. The zero-order valence-electron chi connectivity index (χ0n) is 23.0. The van der Waals surface area contributed by atoms with Gasteiger partial charge in [-0.2, -0.15) is 0 Å². The molecule has 0 spiro atoms. The van der Waals surface area contributed by atoms with Gasteiger partial charge in [0.25, 0.3) is 17.7 Å². The van der Waals surface area contributed by atoms with E-state index < -0.39 is 17.6 Å². The second kappa shape index (κ2) is 11.1. The molecule has 0 bridgehead atoms. The van der Waals surface area contributed by atoms with Gasteiger partial charge in [0.1, 0.15) is 16.4 Å². The Labute approximate surface area is 251 Å². The van der Waals surface area contributed by atoms with Crippen molar-refractivity contribution in [1.82, 2.24) is 9.88 Å². The van der Waals surface area contributed by atoms with Gasteiger partial charge in [-0.25, -0.2) is 4.39 Å². The molecular weight excluding hydrogens is 572 g/mol. The summed E-state index contributed by atoms with van der Waals surface area (Å²) in [5.74, 6) is -1.96. The molecule has 1 aliphatic heterocycles. The van der Waals surface area contributed by atoms with E-state index >= 15 is 0 Å². The Kier molecular flexibility index (Phi) is 7.34. The average molecular weight is 599 g/mol. The van der Waals surface area contributed by atoms with E-state index in [-0.39, 0.29) is 22.3 Å². The zero-order chi connectivity index (χ0) is 29.5. The number of thiophene rings is 1. The van der Waals surface area contributed by atoms with Crippen molar-refractivity contribution in [2.24, 2.45) is 0 Å². The molecule has 2 aromatic carbocycles. The number of benzene rings is 2. The van der Waals surface area contributed by atoms with Gasteiger partial charge in [-0.15, -0.1) is 11.3 Å². The Bertz CT molecular complexity index is 1810. The van der Waals surface area contributed by atoms with E-state index in [1.54, 1.807) is 17.4 Å². The second-order valence-corrected chi connectivity index (χ2v) is 11.8. The van der Waals surface area contributed by atoms with Gasteiger partial charge in [0.15, 0.2) is 5.11 Å². The number of hydrogen-bond acceptors (Lipinski definition) is 5. The molecule has 6 rings (SSSR count). The van der Waals surface area contributed by atoms with Crippen LogP contribution < -0.4 is 15.5 Å². The number of thiocarbonyl (C=S) groups is 1. The van der Waals surface area contributed by atoms with Crippen LogP contribution in [0.2, 0.25) is 0 Å². The lowest BCUT2D eigenvalue weighted by Gasteiger charge is -2.28. The van der Waals surface area contributed by atoms with Crippen LogP contribution in [0.5, 0.6) is 0 Å². The molecule has 0 radical (unpaired) electrons. The smallest absolute Gasteiger partial charge is 0.270 e. The number of para-hydroxylation sites is 1. The first-order chi connectivity index (χ1) is 20.2. The van der Waals surface area contributed by atoms with Crippen molar-refractivity contribution in [2.75, 3.05) is 10.2 Å². The fourth-order valence-corrected chi connectivity index (χ4v) is 7.35. The molecule has 0 saturated carbocycles. The van der Waals surface area contributed by atoms with E-state index in [0.717, 1.165) is 58.2 Å². The lowest BCUT2D eigenvalue weighted by Crippen LogP contribution is -2.54. The summed E-state index contributed by atoms with van der Waals surface area (Å²) in [7, 11) is 0. The lowest BCUT2D eigenvalue weighted by atomic mass is 9.95. The molecule has 3 amide bonds. The van der Waals surface area contributed by atoms with Gasteiger partial charge in [0, 0.05) is 22.0 Å². The first-order valence-electron chi connectivity index (χ1n) is 13.6. The van der Waals surface area contributed by atoms with E-state index in [9.17, 15) is 18.8 Å². The van der Waals surface area contributed by atoms with Crippen LogP contribution in [-0.4, -0.2) is 27.4 Å². The highest BCUT2D eigenvalue weighted by Crippen LogP contribution is 2.39. The summed E-state index contributed by atoms with van der Waals surface area (Å²) in [5, 5.41) is 6.31. The summed E-state index contributed by atoms with van der Waals surface area (Å²) in [4.78, 5) is 42.5. The van der Waals surface area contributed by atoms with E-state index in [4.69, 9.17) is 12.2 Å². The minimum absolute atomic E-state index is 0.114. The van der Waals surface area contributed by atoms with Crippen LogP contribution in [0.15, 0.2) is 66.2 Å². The number of nitrogens with zero attached hydrogens (tertiary/aromatic N) is 2. The third-order valence-electron chi connectivity index (χ3n) is 7.55. The van der Waals surface area contributed by atoms with Gasteiger partial charge in [0.05, 0.1) is 11.3 Å². The predicted molar refractivity (Wildman–Crippen MR) is 167 cm³/mol. The summed E-state index contributed by atoms with van der Waals surface area (Å²) in [6.45, 7) is 3.83. The van der Waals surface area contributed by atoms with Crippen LogP contribution in [-0.2, 0) is 22.4 Å². The van der Waals surface area contributed by atoms with E-state index in [1.165, 1.54) is 29.2 Å². The molecule has 3 heterocycles. The number of anilines is 2. The van der Waals surface area contributed by atoms with Crippen molar-refractivity contribution < 1.29 is 18.8 Å². The number of carbonyl (C=O) groups is 3. The Balaban J connectivity index is 1.42. The summed E-state index contributed by atoms with van der Waals surface area (Å²) in [6.07, 6.45) is 5.39. The Morgan fingerprint density at radius 1 is 1.05 bits per heavy atom. The maximum absolute atomic E-state index is 13.9. The fraction of sp³-hybridized carbons (Fsp3) is 0.188. The van der Waals surface area contributed by atoms with Gasteiger partial charge >= 0.3 is 0 Å². The third kappa shape index (κ3) is 4.97. The van der Waals surface area contributed by atoms with Crippen LogP contribution in [0.1, 0.15) is 50.6 Å². The van der Waals surface area contributed by atoms with Crippen LogP contribution in [0.3, 0.4) is 0 Å². The molecule has 42 heavy (non-hydrogen) atoms. The number of amides is 3. The molecule has 1 fully saturated rings. The largest absolute Gasteiger partial charge is 0.322 e. The van der Waals surface area contributed by atoms with Gasteiger partial charge in [-0.3, -0.25) is 24.6 Å². The Hall–Kier alpha value is -4.41. The van der Waals surface area contributed by atoms with Gasteiger partial charge < -0.3 is 9.88 Å². The van der Waals surface area contributed by atoms with Crippen molar-refractivity contribution in [3.05, 3.63) is 105 Å². The minimum atomic E-state index is -0.645. The molecule has 2 N–H and O–H groups in total. The SMILES string of the molecule is Cc1cc(C=C2C(=O)NC(=S)N(c3cccc(F)c3)C2=O)c(C)n1-c1sc2c(c1C(=O)Nc1ccccc1)CCCC2. The maximum Gasteiger partial charge on any atom is 0.270 e. The molecule has 7 nitrogen and oxygen atoms in total. The summed E-state index contributed by atoms with van der Waals surface area (Å²) >= 11 is 6.87. The topological polar surface area (TPSA) is 83.4 Å². The molecule has 0 atom stereocenters. The maximum atomic E-state index is 13.9. The average Bonchev–Trinajstić information content (AvgIpc) is 3.47. The fourth-order valence-electron chi connectivity index (χ4n) is 5.57. The van der Waals surface area contributed by atoms with Crippen molar-refractivity contribution in [1.29, 1.82) is 0 Å². The van der Waals surface area contributed by atoms with Crippen LogP contribution in [0.4, 0.5) is 15.8 Å². The Morgan fingerprint density at radius 2 is 1.81 bits per heavy atom. The van der Waals surface area contributed by atoms with Gasteiger partial charge in [-0.1, -0.05) is 24.3 Å². The molecule has 2 aromatic heterocycles. The lowest BCUT2D eigenvalue weighted by molar-refractivity contribution is -0.122. The molecular formula is C32H27FN4O3S2. The number of rotatable bonds is 5. The summed E-state index contributed by atoms with van der Waals surface area (Å²) in [6, 6.07) is 16.7. The highest BCUT2D eigenvalue weighted by Gasteiger charge is 2.35. The van der Waals surface area contributed by atoms with E-state index in [0.29, 0.717) is 11.1 Å². The van der Waals surface area contributed by atoms with E-state index in [1.807, 2.05) is 54.8 Å². The second-order valence-electron chi connectivity index (χ2n) is 10.3. The number of aryl methyl sites for hydroxylation is 2. The number of halogens is 1. The molecule has 2 aliphatic rings. The van der Waals surface area contributed by atoms with E-state index in [2.05, 4.69) is 10.6 Å². The van der Waals surface area contributed by atoms with Crippen LogP contribution in [0.25, 0.3) is 11.1 Å². The molecule has 10 heteroatoms. The van der Waals surface area contributed by atoms with Crippen molar-refractivity contribution in [2.45, 2.75) is 39.5 Å². The monoisotopic (exact) mass is 598 g/mol. The predicted octanol–water partition coefficient (Wildman–Crippen LogP) is 6.26. The highest BCUT2D eigenvalue weighted by atomic mass is 32.1. The number of nitrogens with one attached hydrogen (secondary N) is 2. The Morgan fingerprint density at radius 3 is 2.57 bits per heavy atom. The first kappa shape index (κ1) is 27.7. The molecule has 0 unspecified atom stereocenters. The van der Waals surface area contributed by atoms with Crippen molar-refractivity contribution in [3.63, 3.8) is 0 Å². The summed E-state index contributed by atoms with van der Waals surface area (Å²) < 4.78 is 16.0. The first-order valence-corrected chi connectivity index (χ1v) is 14.8. The van der Waals surface area contributed by atoms with Gasteiger partial charge in [0.2, 0.25) is 0 Å². The van der Waals surface area contributed by atoms with Crippen LogP contribution >= 0.6 is 23.6 Å². The van der Waals surface area contributed by atoms with Crippen molar-refractivity contribution >= 4 is 63.8 Å². The normalized spacial score (nSPS) is 16.0. The van der Waals surface area contributed by atoms with Crippen molar-refractivity contribution in [3.8, 4) is 5.00 Å². The minimum Gasteiger partial charge on any atom is -0.322 e. The zero-order valence-corrected chi connectivity index (χ0v) is 24.6. The number of carbonyl (C=O) groups excluding carboxylic acids is 3. The highest BCUT2D eigenvalue weighted by molar-refractivity contribution is 7.80.